The van der Waals surface area contributed by atoms with E-state index >= 15 is 0 Å². The van der Waals surface area contributed by atoms with Gasteiger partial charge in [-0.25, -0.2) is 8.42 Å². The maximum absolute atomic E-state index is 12.6. The molecular weight excluding hydrogens is 338 g/mol. The fourth-order valence-corrected chi connectivity index (χ4v) is 5.04. The fourth-order valence-electron chi connectivity index (χ4n) is 3.52. The van der Waals surface area contributed by atoms with Crippen LogP contribution in [-0.2, 0) is 10.0 Å². The summed E-state index contributed by atoms with van der Waals surface area (Å²) in [6.45, 7) is 7.68. The SMILES string of the molecule is CCCN1CCN(C(=O)c2ccc(S(=O)(=O)N3CCCC3)cc2)CC1. The smallest absolute Gasteiger partial charge is 0.253 e. The Morgan fingerprint density at radius 1 is 0.960 bits per heavy atom. The number of hydrogen-bond acceptors (Lipinski definition) is 4. The zero-order chi connectivity index (χ0) is 17.9. The van der Waals surface area contributed by atoms with Crippen molar-refractivity contribution in [2.24, 2.45) is 0 Å². The average Bonchev–Trinajstić information content (AvgIpc) is 3.18. The third-order valence-electron chi connectivity index (χ3n) is 5.00. The maximum atomic E-state index is 12.6. The van der Waals surface area contributed by atoms with E-state index in [1.54, 1.807) is 24.3 Å². The molecule has 0 bridgehead atoms. The predicted octanol–water partition coefficient (Wildman–Crippen LogP) is 1.64. The van der Waals surface area contributed by atoms with Crippen molar-refractivity contribution >= 4 is 15.9 Å². The standard InChI is InChI=1S/C18H27N3O3S/c1-2-9-19-12-14-20(15-13-19)18(22)16-5-7-17(8-6-16)25(23,24)21-10-3-4-11-21/h5-8H,2-4,9-15H2,1H3. The summed E-state index contributed by atoms with van der Waals surface area (Å²) in [7, 11) is -3.42. The fraction of sp³-hybridized carbons (Fsp3) is 0.611. The summed E-state index contributed by atoms with van der Waals surface area (Å²) in [5, 5.41) is 0. The lowest BCUT2D eigenvalue weighted by Gasteiger charge is -2.34. The van der Waals surface area contributed by atoms with Gasteiger partial charge in [0.25, 0.3) is 5.91 Å². The normalized spacial score (nSPS) is 20.1. The Balaban J connectivity index is 1.65. The summed E-state index contributed by atoms with van der Waals surface area (Å²) < 4.78 is 26.6. The van der Waals surface area contributed by atoms with Crippen LogP contribution in [0.25, 0.3) is 0 Å². The van der Waals surface area contributed by atoms with Crippen LogP contribution in [0.2, 0.25) is 0 Å². The first-order valence-electron chi connectivity index (χ1n) is 9.14. The first-order chi connectivity index (χ1) is 12.0. The summed E-state index contributed by atoms with van der Waals surface area (Å²) in [5.41, 5.74) is 0.560. The molecule has 0 aromatic heterocycles. The van der Waals surface area contributed by atoms with Crippen molar-refractivity contribution < 1.29 is 13.2 Å². The molecule has 0 saturated carbocycles. The van der Waals surface area contributed by atoms with Gasteiger partial charge in [0.1, 0.15) is 0 Å². The van der Waals surface area contributed by atoms with E-state index in [1.807, 2.05) is 4.90 Å². The van der Waals surface area contributed by atoms with Gasteiger partial charge < -0.3 is 4.90 Å². The van der Waals surface area contributed by atoms with Crippen LogP contribution in [0.3, 0.4) is 0 Å². The average molecular weight is 365 g/mol. The number of rotatable bonds is 5. The maximum Gasteiger partial charge on any atom is 0.253 e. The molecule has 2 aliphatic rings. The molecule has 0 atom stereocenters. The van der Waals surface area contributed by atoms with Crippen molar-refractivity contribution in [3.63, 3.8) is 0 Å². The van der Waals surface area contributed by atoms with Crippen molar-refractivity contribution in [1.29, 1.82) is 0 Å². The molecule has 2 saturated heterocycles. The van der Waals surface area contributed by atoms with Crippen LogP contribution in [-0.4, -0.2) is 74.2 Å². The summed E-state index contributed by atoms with van der Waals surface area (Å²) >= 11 is 0. The molecule has 2 heterocycles. The van der Waals surface area contributed by atoms with Gasteiger partial charge in [0, 0.05) is 44.8 Å². The van der Waals surface area contributed by atoms with E-state index in [2.05, 4.69) is 11.8 Å². The Bertz CT molecular complexity index is 689. The number of carbonyl (C=O) groups is 1. The molecule has 0 spiro atoms. The summed E-state index contributed by atoms with van der Waals surface area (Å²) in [5.74, 6) is -0.0127. The van der Waals surface area contributed by atoms with Gasteiger partial charge in [-0.05, 0) is 50.1 Å². The molecule has 138 valence electrons. The van der Waals surface area contributed by atoms with Crippen LogP contribution in [0.15, 0.2) is 29.2 Å². The third kappa shape index (κ3) is 4.04. The van der Waals surface area contributed by atoms with Crippen LogP contribution in [0.5, 0.6) is 0 Å². The largest absolute Gasteiger partial charge is 0.336 e. The highest BCUT2D eigenvalue weighted by atomic mass is 32.2. The number of hydrogen-bond donors (Lipinski definition) is 0. The number of amides is 1. The molecule has 1 aromatic rings. The summed E-state index contributed by atoms with van der Waals surface area (Å²) in [6, 6.07) is 6.41. The molecule has 25 heavy (non-hydrogen) atoms. The third-order valence-corrected chi connectivity index (χ3v) is 6.92. The number of sulfonamides is 1. The quantitative estimate of drug-likeness (QED) is 0.796. The summed E-state index contributed by atoms with van der Waals surface area (Å²) in [4.78, 5) is 17.1. The summed E-state index contributed by atoms with van der Waals surface area (Å²) in [6.07, 6.45) is 2.96. The van der Waals surface area contributed by atoms with Crippen LogP contribution >= 0.6 is 0 Å². The molecule has 0 N–H and O–H groups in total. The molecule has 1 aromatic carbocycles. The van der Waals surface area contributed by atoms with Crippen molar-refractivity contribution in [3.05, 3.63) is 29.8 Å². The molecule has 0 radical (unpaired) electrons. The predicted molar refractivity (Wildman–Crippen MR) is 97.1 cm³/mol. The van der Waals surface area contributed by atoms with E-state index in [9.17, 15) is 13.2 Å². The molecular formula is C18H27N3O3S. The Morgan fingerprint density at radius 3 is 2.12 bits per heavy atom. The highest BCUT2D eigenvalue weighted by Crippen LogP contribution is 2.21. The lowest BCUT2D eigenvalue weighted by molar-refractivity contribution is 0.0637. The lowest BCUT2D eigenvalue weighted by Crippen LogP contribution is -2.48. The van der Waals surface area contributed by atoms with Gasteiger partial charge in [-0.1, -0.05) is 6.92 Å². The lowest BCUT2D eigenvalue weighted by atomic mass is 10.2. The van der Waals surface area contributed by atoms with Gasteiger partial charge in [0.05, 0.1) is 4.90 Å². The topological polar surface area (TPSA) is 60.9 Å². The minimum atomic E-state index is -3.42. The van der Waals surface area contributed by atoms with Gasteiger partial charge in [-0.15, -0.1) is 0 Å². The van der Waals surface area contributed by atoms with Crippen LogP contribution in [0, 0.1) is 0 Å². The van der Waals surface area contributed by atoms with Gasteiger partial charge in [-0.2, -0.15) is 4.31 Å². The molecule has 7 heteroatoms. The van der Waals surface area contributed by atoms with Crippen molar-refractivity contribution in [2.45, 2.75) is 31.1 Å². The number of piperazine rings is 1. The Kier molecular flexibility index (Phi) is 5.76. The minimum absolute atomic E-state index is 0.0127. The van der Waals surface area contributed by atoms with E-state index in [4.69, 9.17) is 0 Å². The Labute approximate surface area is 150 Å². The molecule has 2 aliphatic heterocycles. The molecule has 6 nitrogen and oxygen atoms in total. The minimum Gasteiger partial charge on any atom is -0.336 e. The molecule has 2 fully saturated rings. The van der Waals surface area contributed by atoms with E-state index in [0.717, 1.165) is 52.0 Å². The van der Waals surface area contributed by atoms with Gasteiger partial charge >= 0.3 is 0 Å². The second-order valence-electron chi connectivity index (χ2n) is 6.77. The number of carbonyl (C=O) groups excluding carboxylic acids is 1. The van der Waals surface area contributed by atoms with Crippen molar-refractivity contribution in [1.82, 2.24) is 14.1 Å². The van der Waals surface area contributed by atoms with Crippen molar-refractivity contribution in [3.8, 4) is 0 Å². The first-order valence-corrected chi connectivity index (χ1v) is 10.6. The molecule has 0 aliphatic carbocycles. The zero-order valence-electron chi connectivity index (χ0n) is 14.9. The second-order valence-corrected chi connectivity index (χ2v) is 8.71. The van der Waals surface area contributed by atoms with Gasteiger partial charge in [0.2, 0.25) is 10.0 Å². The van der Waals surface area contributed by atoms with Crippen LogP contribution in [0.1, 0.15) is 36.5 Å². The monoisotopic (exact) mass is 365 g/mol. The van der Waals surface area contributed by atoms with E-state index < -0.39 is 10.0 Å². The highest BCUT2D eigenvalue weighted by Gasteiger charge is 2.27. The second kappa shape index (κ2) is 7.85. The highest BCUT2D eigenvalue weighted by molar-refractivity contribution is 7.89. The molecule has 3 rings (SSSR count). The van der Waals surface area contributed by atoms with Crippen molar-refractivity contribution in [2.75, 3.05) is 45.8 Å². The van der Waals surface area contributed by atoms with E-state index in [-0.39, 0.29) is 10.8 Å². The molecule has 1 amide bonds. The Hall–Kier alpha value is -1.44. The van der Waals surface area contributed by atoms with Crippen LogP contribution < -0.4 is 0 Å². The van der Waals surface area contributed by atoms with Gasteiger partial charge in [-0.3, -0.25) is 9.69 Å². The number of benzene rings is 1. The number of nitrogens with zero attached hydrogens (tertiary/aromatic N) is 3. The van der Waals surface area contributed by atoms with E-state index in [0.29, 0.717) is 18.7 Å². The van der Waals surface area contributed by atoms with E-state index in [1.165, 1.54) is 4.31 Å². The molecule has 0 unspecified atom stereocenters. The Morgan fingerprint density at radius 2 is 1.56 bits per heavy atom. The zero-order valence-corrected chi connectivity index (χ0v) is 15.7. The van der Waals surface area contributed by atoms with Gasteiger partial charge in [0.15, 0.2) is 0 Å². The first kappa shape index (κ1) is 18.4. The van der Waals surface area contributed by atoms with Crippen LogP contribution in [0.4, 0.5) is 0 Å².